The third kappa shape index (κ3) is 3.72. The van der Waals surface area contributed by atoms with Crippen molar-refractivity contribution in [3.8, 4) is 0 Å². The maximum Gasteiger partial charge on any atom is 0.208 e. The molecule has 0 saturated carbocycles. The number of hydrogen-bond donors (Lipinski definition) is 0. The van der Waals surface area contributed by atoms with E-state index in [0.717, 1.165) is 61.0 Å². The molecule has 0 aromatic carbocycles. The number of hydrogen-bond acceptors (Lipinski definition) is 7. The van der Waals surface area contributed by atoms with Crippen molar-refractivity contribution in [2.45, 2.75) is 46.6 Å². The summed E-state index contributed by atoms with van der Waals surface area (Å²) >= 11 is 1.51. The van der Waals surface area contributed by atoms with Gasteiger partial charge in [-0.25, -0.2) is 9.97 Å². The first-order valence-corrected chi connectivity index (χ1v) is 8.84. The van der Waals surface area contributed by atoms with Crippen molar-refractivity contribution < 1.29 is 4.42 Å². The molecule has 0 amide bonds. The Morgan fingerprint density at radius 3 is 2.30 bits per heavy atom. The second-order valence-electron chi connectivity index (χ2n) is 7.16. The van der Waals surface area contributed by atoms with Gasteiger partial charge in [0.25, 0.3) is 0 Å². The van der Waals surface area contributed by atoms with Crippen molar-refractivity contribution in [2.24, 2.45) is 0 Å². The third-order valence-electron chi connectivity index (χ3n) is 4.16. The molecule has 0 spiro atoms. The summed E-state index contributed by atoms with van der Waals surface area (Å²) in [5.41, 5.74) is 0.999. The lowest BCUT2D eigenvalue weighted by Gasteiger charge is -2.33. The molecule has 0 aliphatic carbocycles. The van der Waals surface area contributed by atoms with Crippen molar-refractivity contribution in [3.05, 3.63) is 23.2 Å². The van der Waals surface area contributed by atoms with Crippen LogP contribution in [0.25, 0.3) is 0 Å². The molecule has 6 nitrogen and oxygen atoms in total. The van der Waals surface area contributed by atoms with E-state index in [1.807, 2.05) is 13.8 Å². The highest BCUT2D eigenvalue weighted by Gasteiger charge is 2.24. The number of piperazine rings is 1. The van der Waals surface area contributed by atoms with Gasteiger partial charge in [-0.05, 0) is 13.8 Å². The van der Waals surface area contributed by atoms with Crippen molar-refractivity contribution in [1.82, 2.24) is 19.2 Å². The smallest absolute Gasteiger partial charge is 0.208 e. The van der Waals surface area contributed by atoms with Crippen molar-refractivity contribution in [1.29, 1.82) is 0 Å². The fourth-order valence-electron chi connectivity index (χ4n) is 2.54. The van der Waals surface area contributed by atoms with Crippen molar-refractivity contribution in [2.75, 3.05) is 31.1 Å². The first kappa shape index (κ1) is 16.4. The summed E-state index contributed by atoms with van der Waals surface area (Å²) in [6.07, 6.45) is 0. The van der Waals surface area contributed by atoms with Crippen LogP contribution in [0.3, 0.4) is 0 Å². The predicted molar refractivity (Wildman–Crippen MR) is 92.1 cm³/mol. The molecule has 3 rings (SSSR count). The standard InChI is InChI=1S/C16H25N5OS/c1-11-12(2)22-13(17-11)10-20-6-8-21(9-7-20)15-18-14(19-23-15)16(3,4)5/h6-10H2,1-5H3. The summed E-state index contributed by atoms with van der Waals surface area (Å²) in [6.45, 7) is 15.1. The van der Waals surface area contributed by atoms with E-state index >= 15 is 0 Å². The number of rotatable bonds is 3. The van der Waals surface area contributed by atoms with E-state index in [2.05, 4.69) is 39.9 Å². The van der Waals surface area contributed by atoms with Crippen LogP contribution in [-0.2, 0) is 12.0 Å². The average Bonchev–Trinajstić information content (AvgIpc) is 3.07. The van der Waals surface area contributed by atoms with Gasteiger partial charge in [0.2, 0.25) is 11.0 Å². The van der Waals surface area contributed by atoms with Gasteiger partial charge in [0.05, 0.1) is 12.2 Å². The minimum absolute atomic E-state index is 0.0112. The van der Waals surface area contributed by atoms with Crippen LogP contribution in [0.5, 0.6) is 0 Å². The van der Waals surface area contributed by atoms with E-state index in [4.69, 9.17) is 9.40 Å². The number of aromatic nitrogens is 3. The van der Waals surface area contributed by atoms with E-state index in [1.54, 1.807) is 0 Å². The second-order valence-corrected chi connectivity index (χ2v) is 7.89. The molecule has 0 atom stereocenters. The van der Waals surface area contributed by atoms with Crippen LogP contribution in [0.2, 0.25) is 0 Å². The molecule has 23 heavy (non-hydrogen) atoms. The maximum absolute atomic E-state index is 5.68. The Balaban J connectivity index is 1.57. The minimum Gasteiger partial charge on any atom is -0.444 e. The van der Waals surface area contributed by atoms with Gasteiger partial charge in [-0.2, -0.15) is 4.37 Å². The first-order valence-electron chi connectivity index (χ1n) is 8.07. The van der Waals surface area contributed by atoms with Crippen LogP contribution in [0.15, 0.2) is 4.42 Å². The molecular weight excluding hydrogens is 310 g/mol. The molecule has 1 fully saturated rings. The zero-order valence-corrected chi connectivity index (χ0v) is 15.4. The monoisotopic (exact) mass is 335 g/mol. The largest absolute Gasteiger partial charge is 0.444 e. The highest BCUT2D eigenvalue weighted by atomic mass is 32.1. The highest BCUT2D eigenvalue weighted by Crippen LogP contribution is 2.26. The zero-order chi connectivity index (χ0) is 16.6. The van der Waals surface area contributed by atoms with Gasteiger partial charge in [-0.1, -0.05) is 20.8 Å². The molecule has 2 aromatic rings. The van der Waals surface area contributed by atoms with Gasteiger partial charge in [0.1, 0.15) is 11.6 Å². The molecule has 0 radical (unpaired) electrons. The van der Waals surface area contributed by atoms with Gasteiger partial charge in [0.15, 0.2) is 0 Å². The topological polar surface area (TPSA) is 58.3 Å². The number of oxazole rings is 1. The Hall–Kier alpha value is -1.47. The summed E-state index contributed by atoms with van der Waals surface area (Å²) in [7, 11) is 0. The number of anilines is 1. The van der Waals surface area contributed by atoms with Crippen LogP contribution in [0.1, 0.15) is 43.9 Å². The summed E-state index contributed by atoms with van der Waals surface area (Å²) in [6, 6.07) is 0. The quantitative estimate of drug-likeness (QED) is 0.860. The Labute approximate surface area is 141 Å². The summed E-state index contributed by atoms with van der Waals surface area (Å²) in [5.74, 6) is 2.67. The number of aryl methyl sites for hydroxylation is 2. The van der Waals surface area contributed by atoms with E-state index in [1.165, 1.54) is 11.5 Å². The lowest BCUT2D eigenvalue weighted by atomic mass is 9.96. The van der Waals surface area contributed by atoms with E-state index in [9.17, 15) is 0 Å². The normalized spacial score (nSPS) is 17.0. The lowest BCUT2D eigenvalue weighted by Crippen LogP contribution is -2.46. The first-order chi connectivity index (χ1) is 10.8. The molecule has 126 valence electrons. The molecule has 1 aliphatic rings. The summed E-state index contributed by atoms with van der Waals surface area (Å²) in [4.78, 5) is 13.9. The Morgan fingerprint density at radius 2 is 1.78 bits per heavy atom. The van der Waals surface area contributed by atoms with Gasteiger partial charge in [-0.15, -0.1) is 0 Å². The van der Waals surface area contributed by atoms with Crippen molar-refractivity contribution in [3.63, 3.8) is 0 Å². The maximum atomic E-state index is 5.68. The van der Waals surface area contributed by atoms with Gasteiger partial charge in [0, 0.05) is 43.1 Å². The Morgan fingerprint density at radius 1 is 1.09 bits per heavy atom. The molecule has 7 heteroatoms. The second kappa shape index (κ2) is 6.20. The fourth-order valence-corrected chi connectivity index (χ4v) is 3.45. The van der Waals surface area contributed by atoms with Crippen LogP contribution >= 0.6 is 11.5 Å². The molecule has 3 heterocycles. The molecule has 0 bridgehead atoms. The molecule has 1 aliphatic heterocycles. The summed E-state index contributed by atoms with van der Waals surface area (Å²) < 4.78 is 10.2. The van der Waals surface area contributed by atoms with Crippen molar-refractivity contribution >= 4 is 16.7 Å². The van der Waals surface area contributed by atoms with E-state index < -0.39 is 0 Å². The van der Waals surface area contributed by atoms with Gasteiger partial charge in [-0.3, -0.25) is 4.90 Å². The predicted octanol–water partition coefficient (Wildman–Crippen LogP) is 2.76. The minimum atomic E-state index is 0.0112. The zero-order valence-electron chi connectivity index (χ0n) is 14.6. The van der Waals surface area contributed by atoms with Crippen LogP contribution in [0, 0.1) is 13.8 Å². The molecule has 2 aromatic heterocycles. The molecule has 0 N–H and O–H groups in total. The van der Waals surface area contributed by atoms with Crippen LogP contribution in [0.4, 0.5) is 5.13 Å². The molecule has 0 unspecified atom stereocenters. The average molecular weight is 335 g/mol. The Bertz CT molecular complexity index is 645. The molecular formula is C16H25N5OS. The van der Waals surface area contributed by atoms with Crippen LogP contribution in [-0.4, -0.2) is 45.4 Å². The van der Waals surface area contributed by atoms with Crippen LogP contribution < -0.4 is 4.90 Å². The van der Waals surface area contributed by atoms with E-state index in [0.29, 0.717) is 0 Å². The number of nitrogens with zero attached hydrogens (tertiary/aromatic N) is 5. The van der Waals surface area contributed by atoms with Gasteiger partial charge >= 0.3 is 0 Å². The lowest BCUT2D eigenvalue weighted by molar-refractivity contribution is 0.225. The summed E-state index contributed by atoms with van der Waals surface area (Å²) in [5, 5.41) is 1.04. The Kier molecular flexibility index (Phi) is 4.42. The molecule has 1 saturated heterocycles. The van der Waals surface area contributed by atoms with Gasteiger partial charge < -0.3 is 9.32 Å². The fraction of sp³-hybridized carbons (Fsp3) is 0.688. The third-order valence-corrected chi connectivity index (χ3v) is 4.94. The highest BCUT2D eigenvalue weighted by molar-refractivity contribution is 7.09. The SMILES string of the molecule is Cc1nc(CN2CCN(c3nc(C(C)(C)C)ns3)CC2)oc1C. The van der Waals surface area contributed by atoms with E-state index in [-0.39, 0.29) is 5.41 Å².